The van der Waals surface area contributed by atoms with E-state index < -0.39 is 10.0 Å². The van der Waals surface area contributed by atoms with E-state index in [2.05, 4.69) is 10.2 Å². The zero-order valence-corrected chi connectivity index (χ0v) is 16.7. The quantitative estimate of drug-likeness (QED) is 0.644. The highest BCUT2D eigenvalue weighted by atomic mass is 35.5. The van der Waals surface area contributed by atoms with Gasteiger partial charge in [0.15, 0.2) is 0 Å². The predicted octanol–water partition coefficient (Wildman–Crippen LogP) is 3.39. The van der Waals surface area contributed by atoms with E-state index in [0.717, 1.165) is 11.1 Å². The first-order chi connectivity index (χ1) is 13.4. The minimum Gasteiger partial charge on any atom is -0.416 e. The van der Waals surface area contributed by atoms with E-state index in [0.29, 0.717) is 42.8 Å². The fraction of sp³-hybridized carbons (Fsp3) is 0.263. The number of aryl methyl sites for hydroxylation is 1. The molecule has 9 heteroatoms. The number of halogens is 1. The minimum absolute atomic E-state index is 0.129. The topological polar surface area (TPSA) is 85.5 Å². The van der Waals surface area contributed by atoms with Gasteiger partial charge in [-0.05, 0) is 37.3 Å². The summed E-state index contributed by atoms with van der Waals surface area (Å²) in [5, 5.41) is 8.47. The van der Waals surface area contributed by atoms with Gasteiger partial charge in [-0.3, -0.25) is 0 Å². The SMILES string of the molecule is Cc1cccc(-c2nnc(-c3cc(S(=O)(=O)N4CCOCC4)ccc3Cl)o2)c1. The molecule has 146 valence electrons. The highest BCUT2D eigenvalue weighted by Gasteiger charge is 2.27. The van der Waals surface area contributed by atoms with Crippen LogP contribution in [0.1, 0.15) is 5.56 Å². The first kappa shape index (κ1) is 19.1. The molecule has 0 N–H and O–H groups in total. The lowest BCUT2D eigenvalue weighted by atomic mass is 10.1. The number of ether oxygens (including phenoxy) is 1. The molecular weight excluding hydrogens is 402 g/mol. The number of hydrogen-bond donors (Lipinski definition) is 0. The average Bonchev–Trinajstić information content (AvgIpc) is 3.19. The smallest absolute Gasteiger partial charge is 0.249 e. The van der Waals surface area contributed by atoms with E-state index in [9.17, 15) is 8.42 Å². The van der Waals surface area contributed by atoms with E-state index >= 15 is 0 Å². The molecule has 3 aromatic rings. The van der Waals surface area contributed by atoms with E-state index in [1.807, 2.05) is 31.2 Å². The lowest BCUT2D eigenvalue weighted by molar-refractivity contribution is 0.0730. The van der Waals surface area contributed by atoms with E-state index in [4.69, 9.17) is 20.8 Å². The maximum atomic E-state index is 12.9. The Balaban J connectivity index is 1.70. The lowest BCUT2D eigenvalue weighted by Gasteiger charge is -2.26. The number of nitrogens with zero attached hydrogens (tertiary/aromatic N) is 3. The van der Waals surface area contributed by atoms with Crippen LogP contribution in [0.25, 0.3) is 22.9 Å². The molecule has 1 aliphatic rings. The van der Waals surface area contributed by atoms with Crippen molar-refractivity contribution >= 4 is 21.6 Å². The Morgan fingerprint density at radius 3 is 2.54 bits per heavy atom. The van der Waals surface area contributed by atoms with Crippen molar-refractivity contribution in [2.24, 2.45) is 0 Å². The fourth-order valence-corrected chi connectivity index (χ4v) is 4.62. The Morgan fingerprint density at radius 1 is 1.04 bits per heavy atom. The Labute approximate surface area is 168 Å². The molecular formula is C19H18ClN3O4S. The summed E-state index contributed by atoms with van der Waals surface area (Å²) in [6.07, 6.45) is 0. The molecule has 0 aliphatic carbocycles. The van der Waals surface area contributed by atoms with E-state index in [1.165, 1.54) is 22.5 Å². The third kappa shape index (κ3) is 3.68. The number of morpholine rings is 1. The number of benzene rings is 2. The molecule has 7 nitrogen and oxygen atoms in total. The molecule has 1 aromatic heterocycles. The van der Waals surface area contributed by atoms with Gasteiger partial charge in [-0.2, -0.15) is 4.31 Å². The number of sulfonamides is 1. The van der Waals surface area contributed by atoms with Gasteiger partial charge < -0.3 is 9.15 Å². The van der Waals surface area contributed by atoms with Gasteiger partial charge in [0.25, 0.3) is 0 Å². The van der Waals surface area contributed by atoms with E-state index in [-0.39, 0.29) is 10.8 Å². The second-order valence-electron chi connectivity index (χ2n) is 6.44. The molecule has 4 rings (SSSR count). The van der Waals surface area contributed by atoms with Gasteiger partial charge in [0.05, 0.1) is 28.7 Å². The van der Waals surface area contributed by atoms with Crippen LogP contribution in [-0.4, -0.2) is 49.2 Å². The molecule has 28 heavy (non-hydrogen) atoms. The summed E-state index contributed by atoms with van der Waals surface area (Å²) >= 11 is 6.29. The van der Waals surface area contributed by atoms with Crippen LogP contribution in [0.3, 0.4) is 0 Å². The molecule has 0 spiro atoms. The zero-order chi connectivity index (χ0) is 19.7. The first-order valence-corrected chi connectivity index (χ1v) is 10.6. The largest absolute Gasteiger partial charge is 0.416 e. The van der Waals surface area contributed by atoms with Gasteiger partial charge in [-0.15, -0.1) is 10.2 Å². The van der Waals surface area contributed by atoms with Gasteiger partial charge in [-0.25, -0.2) is 8.42 Å². The number of hydrogen-bond acceptors (Lipinski definition) is 6. The third-order valence-electron chi connectivity index (χ3n) is 4.47. The van der Waals surface area contributed by atoms with Crippen molar-refractivity contribution in [1.29, 1.82) is 0 Å². The molecule has 0 atom stereocenters. The molecule has 0 saturated carbocycles. The Morgan fingerprint density at radius 2 is 1.79 bits per heavy atom. The normalized spacial score (nSPS) is 15.6. The molecule has 0 radical (unpaired) electrons. The minimum atomic E-state index is -3.66. The van der Waals surface area contributed by atoms with Crippen LogP contribution in [0.15, 0.2) is 51.8 Å². The first-order valence-electron chi connectivity index (χ1n) is 8.73. The maximum Gasteiger partial charge on any atom is 0.249 e. The second-order valence-corrected chi connectivity index (χ2v) is 8.79. The highest BCUT2D eigenvalue weighted by Crippen LogP contribution is 2.32. The summed E-state index contributed by atoms with van der Waals surface area (Å²) in [5.74, 6) is 0.511. The van der Waals surface area contributed by atoms with Crippen molar-refractivity contribution in [3.63, 3.8) is 0 Å². The molecule has 2 heterocycles. The van der Waals surface area contributed by atoms with Crippen LogP contribution >= 0.6 is 11.6 Å². The Hall–Kier alpha value is -2.26. The highest BCUT2D eigenvalue weighted by molar-refractivity contribution is 7.89. The summed E-state index contributed by atoms with van der Waals surface area (Å²) < 4.78 is 38.2. The van der Waals surface area contributed by atoms with Crippen molar-refractivity contribution in [3.8, 4) is 22.9 Å². The molecule has 0 unspecified atom stereocenters. The van der Waals surface area contributed by atoms with Crippen LogP contribution in [-0.2, 0) is 14.8 Å². The standard InChI is InChI=1S/C19H18ClN3O4S/c1-13-3-2-4-14(11-13)18-21-22-19(27-18)16-12-15(5-6-17(16)20)28(24,25)23-7-9-26-10-8-23/h2-6,11-12H,7-10H2,1H3. The van der Waals surface area contributed by atoms with E-state index in [1.54, 1.807) is 0 Å². The third-order valence-corrected chi connectivity index (χ3v) is 6.69. The van der Waals surface area contributed by atoms with Gasteiger partial charge in [0.2, 0.25) is 21.8 Å². The molecule has 2 aromatic carbocycles. The summed E-state index contributed by atoms with van der Waals surface area (Å²) in [5.41, 5.74) is 2.23. The molecule has 1 saturated heterocycles. The van der Waals surface area contributed by atoms with Gasteiger partial charge in [0, 0.05) is 18.7 Å². The summed E-state index contributed by atoms with van der Waals surface area (Å²) in [7, 11) is -3.66. The fourth-order valence-electron chi connectivity index (χ4n) is 2.99. The number of aromatic nitrogens is 2. The van der Waals surface area contributed by atoms with Crippen LogP contribution in [0.4, 0.5) is 0 Å². The molecule has 1 fully saturated rings. The second kappa shape index (κ2) is 7.63. The van der Waals surface area contributed by atoms with Crippen LogP contribution in [0.5, 0.6) is 0 Å². The Kier molecular flexibility index (Phi) is 5.20. The predicted molar refractivity (Wildman–Crippen MR) is 104 cm³/mol. The van der Waals surface area contributed by atoms with Crippen LogP contribution < -0.4 is 0 Å². The van der Waals surface area contributed by atoms with Crippen molar-refractivity contribution < 1.29 is 17.6 Å². The Bertz CT molecular complexity index is 1110. The van der Waals surface area contributed by atoms with Crippen LogP contribution in [0, 0.1) is 6.92 Å². The summed E-state index contributed by atoms with van der Waals surface area (Å²) in [4.78, 5) is 0.129. The maximum absolute atomic E-state index is 12.9. The van der Waals surface area contributed by atoms with Crippen molar-refractivity contribution in [2.45, 2.75) is 11.8 Å². The van der Waals surface area contributed by atoms with Crippen molar-refractivity contribution in [2.75, 3.05) is 26.3 Å². The average molecular weight is 420 g/mol. The van der Waals surface area contributed by atoms with Crippen molar-refractivity contribution in [3.05, 3.63) is 53.1 Å². The van der Waals surface area contributed by atoms with Crippen LogP contribution in [0.2, 0.25) is 5.02 Å². The van der Waals surface area contributed by atoms with Gasteiger partial charge >= 0.3 is 0 Å². The lowest BCUT2D eigenvalue weighted by Crippen LogP contribution is -2.40. The van der Waals surface area contributed by atoms with Gasteiger partial charge in [-0.1, -0.05) is 29.3 Å². The summed E-state index contributed by atoms with van der Waals surface area (Å²) in [6, 6.07) is 12.1. The number of rotatable bonds is 4. The molecule has 1 aliphatic heterocycles. The van der Waals surface area contributed by atoms with Gasteiger partial charge in [0.1, 0.15) is 0 Å². The summed E-state index contributed by atoms with van der Waals surface area (Å²) in [6.45, 7) is 3.36. The molecule has 0 amide bonds. The zero-order valence-electron chi connectivity index (χ0n) is 15.1. The monoisotopic (exact) mass is 419 g/mol. The van der Waals surface area contributed by atoms with Crippen molar-refractivity contribution in [1.82, 2.24) is 14.5 Å². The molecule has 0 bridgehead atoms.